The highest BCUT2D eigenvalue weighted by molar-refractivity contribution is 5.87. The fourth-order valence-electron chi connectivity index (χ4n) is 3.11. The van der Waals surface area contributed by atoms with Gasteiger partial charge in [-0.1, -0.05) is 6.07 Å². The van der Waals surface area contributed by atoms with Crippen molar-refractivity contribution in [2.45, 2.75) is 25.9 Å². The Morgan fingerprint density at radius 1 is 1.24 bits per heavy atom. The number of likely N-dealkylation sites (N-methyl/N-ethyl adjacent to an activating group) is 1. The van der Waals surface area contributed by atoms with Crippen LogP contribution < -0.4 is 0 Å². The van der Waals surface area contributed by atoms with Crippen LogP contribution in [0.1, 0.15) is 25.5 Å². The van der Waals surface area contributed by atoms with Crippen LogP contribution in [-0.2, 0) is 11.8 Å². The van der Waals surface area contributed by atoms with Gasteiger partial charge in [-0.15, -0.1) is 0 Å². The molecular formula is C16H22N4O. The van der Waals surface area contributed by atoms with E-state index in [4.69, 9.17) is 0 Å². The van der Waals surface area contributed by atoms with E-state index in [1.165, 1.54) is 0 Å². The first kappa shape index (κ1) is 14.1. The van der Waals surface area contributed by atoms with E-state index in [0.717, 1.165) is 29.6 Å². The molecule has 2 aromatic rings. The third kappa shape index (κ3) is 2.31. The van der Waals surface area contributed by atoms with Gasteiger partial charge in [0.15, 0.2) is 0 Å². The van der Waals surface area contributed by atoms with E-state index < -0.39 is 0 Å². The van der Waals surface area contributed by atoms with Crippen molar-refractivity contribution in [3.8, 4) is 0 Å². The van der Waals surface area contributed by atoms with Crippen molar-refractivity contribution in [1.82, 2.24) is 19.6 Å². The smallest absolute Gasteiger partial charge is 0.244 e. The Morgan fingerprint density at radius 2 is 2.00 bits per heavy atom. The summed E-state index contributed by atoms with van der Waals surface area (Å²) >= 11 is 0. The number of aryl methyl sites for hydroxylation is 1. The molecule has 5 heteroatoms. The normalized spacial score (nSPS) is 20.7. The number of aromatic nitrogens is 2. The van der Waals surface area contributed by atoms with Crippen LogP contribution in [0.2, 0.25) is 0 Å². The Kier molecular flexibility index (Phi) is 3.45. The lowest BCUT2D eigenvalue weighted by molar-refractivity contribution is -0.143. The summed E-state index contributed by atoms with van der Waals surface area (Å²) in [6.45, 7) is 5.85. The van der Waals surface area contributed by atoms with Crippen LogP contribution in [0.5, 0.6) is 0 Å². The summed E-state index contributed by atoms with van der Waals surface area (Å²) in [4.78, 5) is 16.9. The number of carbonyl (C=O) groups excluding carboxylic acids is 1. The highest BCUT2D eigenvalue weighted by Crippen LogP contribution is 2.28. The van der Waals surface area contributed by atoms with Crippen LogP contribution in [0.4, 0.5) is 0 Å². The van der Waals surface area contributed by atoms with Gasteiger partial charge < -0.3 is 4.90 Å². The predicted octanol–water partition coefficient (Wildman–Crippen LogP) is 1.80. The molecule has 1 fully saturated rings. The number of hydrogen-bond donors (Lipinski definition) is 0. The van der Waals surface area contributed by atoms with Crippen molar-refractivity contribution in [2.75, 3.05) is 20.1 Å². The van der Waals surface area contributed by atoms with Gasteiger partial charge in [0.05, 0.1) is 11.7 Å². The molecule has 1 aromatic carbocycles. The quantitative estimate of drug-likeness (QED) is 0.845. The molecular weight excluding hydrogens is 264 g/mol. The maximum atomic E-state index is 12.8. The zero-order valence-corrected chi connectivity index (χ0v) is 13.1. The molecule has 0 radical (unpaired) electrons. The monoisotopic (exact) mass is 286 g/mol. The number of hydrogen-bond acceptors (Lipinski definition) is 3. The van der Waals surface area contributed by atoms with E-state index in [1.54, 1.807) is 0 Å². The van der Waals surface area contributed by atoms with Crippen LogP contribution >= 0.6 is 0 Å². The van der Waals surface area contributed by atoms with Crippen LogP contribution in [0, 0.1) is 0 Å². The summed E-state index contributed by atoms with van der Waals surface area (Å²) in [5, 5.41) is 5.35. The molecule has 1 aliphatic heterocycles. The first-order valence-corrected chi connectivity index (χ1v) is 7.41. The number of amides is 1. The SMILES string of the molecule is CC(C)N1CCN(C)C(c2ccc3c(cnn3C)c2)C1=O. The Balaban J connectivity index is 2.00. The third-order valence-electron chi connectivity index (χ3n) is 4.36. The van der Waals surface area contributed by atoms with Gasteiger partial charge in [-0.05, 0) is 38.6 Å². The highest BCUT2D eigenvalue weighted by Gasteiger charge is 2.35. The number of benzene rings is 1. The lowest BCUT2D eigenvalue weighted by Crippen LogP contribution is -2.53. The fraction of sp³-hybridized carbons (Fsp3) is 0.500. The van der Waals surface area contributed by atoms with Crippen molar-refractivity contribution in [1.29, 1.82) is 0 Å². The molecule has 0 N–H and O–H groups in total. The average molecular weight is 286 g/mol. The number of fused-ring (bicyclic) bond motifs is 1. The molecule has 1 amide bonds. The molecule has 1 atom stereocenters. The molecule has 2 heterocycles. The number of carbonyl (C=O) groups is 1. The van der Waals surface area contributed by atoms with Crippen molar-refractivity contribution >= 4 is 16.8 Å². The largest absolute Gasteiger partial charge is 0.337 e. The predicted molar refractivity (Wildman–Crippen MR) is 82.9 cm³/mol. The summed E-state index contributed by atoms with van der Waals surface area (Å²) in [7, 11) is 3.95. The highest BCUT2D eigenvalue weighted by atomic mass is 16.2. The van der Waals surface area contributed by atoms with E-state index in [0.29, 0.717) is 0 Å². The summed E-state index contributed by atoms with van der Waals surface area (Å²) < 4.78 is 1.85. The first-order chi connectivity index (χ1) is 9.99. The number of piperazine rings is 1. The van der Waals surface area contributed by atoms with Crippen LogP contribution in [0.3, 0.4) is 0 Å². The third-order valence-corrected chi connectivity index (χ3v) is 4.36. The second-order valence-electron chi connectivity index (χ2n) is 6.09. The van der Waals surface area contributed by atoms with Crippen molar-refractivity contribution in [3.05, 3.63) is 30.0 Å². The van der Waals surface area contributed by atoms with E-state index in [-0.39, 0.29) is 18.0 Å². The van der Waals surface area contributed by atoms with E-state index >= 15 is 0 Å². The minimum atomic E-state index is -0.189. The average Bonchev–Trinajstić information content (AvgIpc) is 2.80. The van der Waals surface area contributed by atoms with E-state index in [2.05, 4.69) is 29.9 Å². The standard InChI is InChI=1S/C16H22N4O/c1-11(2)20-8-7-18(3)15(16(20)21)12-5-6-14-13(9-12)10-17-19(14)4/h5-6,9-11,15H,7-8H2,1-4H3. The van der Waals surface area contributed by atoms with Gasteiger partial charge in [-0.2, -0.15) is 5.10 Å². The van der Waals surface area contributed by atoms with Gasteiger partial charge in [0.25, 0.3) is 0 Å². The molecule has 5 nitrogen and oxygen atoms in total. The van der Waals surface area contributed by atoms with Crippen molar-refractivity contribution in [2.24, 2.45) is 7.05 Å². The van der Waals surface area contributed by atoms with Crippen LogP contribution in [0.15, 0.2) is 24.4 Å². The lowest BCUT2D eigenvalue weighted by Gasteiger charge is -2.40. The summed E-state index contributed by atoms with van der Waals surface area (Å²) in [6, 6.07) is 6.24. The second-order valence-corrected chi connectivity index (χ2v) is 6.09. The Bertz CT molecular complexity index is 676. The molecule has 0 spiro atoms. The zero-order valence-electron chi connectivity index (χ0n) is 13.1. The van der Waals surface area contributed by atoms with Gasteiger partial charge in [-0.3, -0.25) is 14.4 Å². The topological polar surface area (TPSA) is 41.4 Å². The number of nitrogens with zero attached hydrogens (tertiary/aromatic N) is 4. The minimum absolute atomic E-state index is 0.189. The molecule has 0 saturated carbocycles. The minimum Gasteiger partial charge on any atom is -0.337 e. The van der Waals surface area contributed by atoms with E-state index in [1.807, 2.05) is 42.0 Å². The van der Waals surface area contributed by atoms with Gasteiger partial charge in [0.2, 0.25) is 5.91 Å². The summed E-state index contributed by atoms with van der Waals surface area (Å²) in [5.41, 5.74) is 2.14. The Labute approximate surface area is 125 Å². The summed E-state index contributed by atoms with van der Waals surface area (Å²) in [5.74, 6) is 0.196. The summed E-state index contributed by atoms with van der Waals surface area (Å²) in [6.07, 6.45) is 1.85. The molecule has 21 heavy (non-hydrogen) atoms. The molecule has 112 valence electrons. The van der Waals surface area contributed by atoms with Crippen LogP contribution in [0.25, 0.3) is 10.9 Å². The van der Waals surface area contributed by atoms with Gasteiger partial charge >= 0.3 is 0 Å². The molecule has 1 saturated heterocycles. The first-order valence-electron chi connectivity index (χ1n) is 7.41. The Morgan fingerprint density at radius 3 is 2.71 bits per heavy atom. The van der Waals surface area contributed by atoms with Gasteiger partial charge in [0, 0.05) is 31.6 Å². The maximum Gasteiger partial charge on any atom is 0.244 e. The molecule has 1 aliphatic rings. The molecule has 1 unspecified atom stereocenters. The fourth-order valence-corrected chi connectivity index (χ4v) is 3.11. The zero-order chi connectivity index (χ0) is 15.1. The molecule has 0 aliphatic carbocycles. The van der Waals surface area contributed by atoms with Gasteiger partial charge in [-0.25, -0.2) is 0 Å². The van der Waals surface area contributed by atoms with Crippen LogP contribution in [-0.4, -0.2) is 51.7 Å². The van der Waals surface area contributed by atoms with Crippen molar-refractivity contribution < 1.29 is 4.79 Å². The van der Waals surface area contributed by atoms with Crippen molar-refractivity contribution in [3.63, 3.8) is 0 Å². The second kappa shape index (κ2) is 5.15. The van der Waals surface area contributed by atoms with E-state index in [9.17, 15) is 4.79 Å². The molecule has 3 rings (SSSR count). The lowest BCUT2D eigenvalue weighted by atomic mass is 10.00. The maximum absolute atomic E-state index is 12.8. The molecule has 0 bridgehead atoms. The molecule has 1 aromatic heterocycles. The number of rotatable bonds is 2. The van der Waals surface area contributed by atoms with Gasteiger partial charge in [0.1, 0.15) is 6.04 Å². The Hall–Kier alpha value is -1.88.